The highest BCUT2D eigenvalue weighted by Crippen LogP contribution is 2.27. The minimum absolute atomic E-state index is 0.0904. The lowest BCUT2D eigenvalue weighted by Gasteiger charge is -2.12. The van der Waals surface area contributed by atoms with Crippen LogP contribution >= 0.6 is 0 Å². The molecule has 0 aromatic heterocycles. The van der Waals surface area contributed by atoms with Gasteiger partial charge < -0.3 is 20.5 Å². The molecule has 1 aromatic rings. The average Bonchev–Trinajstić information content (AvgIpc) is 2.47. The van der Waals surface area contributed by atoms with Gasteiger partial charge in [0, 0.05) is 6.54 Å². The molecule has 5 heteroatoms. The molecule has 0 saturated carbocycles. The minimum Gasteiger partial charge on any atom is -0.493 e. The molecule has 0 fully saturated rings. The summed E-state index contributed by atoms with van der Waals surface area (Å²) in [4.78, 5) is 11.7. The molecule has 5 nitrogen and oxygen atoms in total. The molecule has 0 aliphatic rings. The lowest BCUT2D eigenvalue weighted by Crippen LogP contribution is -2.41. The summed E-state index contributed by atoms with van der Waals surface area (Å²) in [5.41, 5.74) is 6.82. The van der Waals surface area contributed by atoms with E-state index >= 15 is 0 Å². The van der Waals surface area contributed by atoms with Gasteiger partial charge in [0.25, 0.3) is 0 Å². The number of hydrogen-bond acceptors (Lipinski definition) is 4. The fraction of sp³-hybridized carbons (Fsp3) is 0.533. The van der Waals surface area contributed by atoms with Crippen molar-refractivity contribution in [1.29, 1.82) is 0 Å². The highest BCUT2D eigenvalue weighted by atomic mass is 16.5. The highest BCUT2D eigenvalue weighted by molar-refractivity contribution is 5.81. The fourth-order valence-electron chi connectivity index (χ4n) is 1.94. The first kappa shape index (κ1) is 16.3. The molecule has 1 aromatic carbocycles. The zero-order valence-corrected chi connectivity index (χ0v) is 12.4. The van der Waals surface area contributed by atoms with Crippen LogP contribution in [-0.2, 0) is 11.2 Å². The Balaban J connectivity index is 2.48. The molecule has 0 saturated heterocycles. The Morgan fingerprint density at radius 3 is 2.60 bits per heavy atom. The maximum atomic E-state index is 11.7. The van der Waals surface area contributed by atoms with Gasteiger partial charge in [0.05, 0.1) is 20.3 Å². The first-order chi connectivity index (χ1) is 9.62. The van der Waals surface area contributed by atoms with E-state index in [9.17, 15) is 4.79 Å². The Morgan fingerprint density at radius 2 is 2.00 bits per heavy atom. The highest BCUT2D eigenvalue weighted by Gasteiger charge is 2.11. The fourth-order valence-corrected chi connectivity index (χ4v) is 1.94. The predicted molar refractivity (Wildman–Crippen MR) is 79.1 cm³/mol. The second-order valence-corrected chi connectivity index (χ2v) is 4.63. The maximum Gasteiger partial charge on any atom is 0.236 e. The van der Waals surface area contributed by atoms with Crippen molar-refractivity contribution >= 4 is 5.91 Å². The van der Waals surface area contributed by atoms with Gasteiger partial charge in [-0.1, -0.05) is 19.4 Å². The van der Waals surface area contributed by atoms with Gasteiger partial charge in [0.15, 0.2) is 11.5 Å². The van der Waals surface area contributed by atoms with Crippen molar-refractivity contribution < 1.29 is 14.3 Å². The zero-order chi connectivity index (χ0) is 15.0. The largest absolute Gasteiger partial charge is 0.493 e. The van der Waals surface area contributed by atoms with Gasteiger partial charge in [0.1, 0.15) is 0 Å². The molecule has 20 heavy (non-hydrogen) atoms. The number of nitrogens with two attached hydrogens (primary N) is 1. The third-order valence-electron chi connectivity index (χ3n) is 3.10. The molecular weight excluding hydrogens is 256 g/mol. The van der Waals surface area contributed by atoms with Crippen LogP contribution in [0.5, 0.6) is 11.5 Å². The predicted octanol–water partition coefficient (Wildman–Crippen LogP) is 1.49. The summed E-state index contributed by atoms with van der Waals surface area (Å²) >= 11 is 0. The number of carbonyl (C=O) groups excluding carboxylic acids is 1. The van der Waals surface area contributed by atoms with Gasteiger partial charge in [-0.3, -0.25) is 4.79 Å². The van der Waals surface area contributed by atoms with Crippen molar-refractivity contribution in [3.05, 3.63) is 23.8 Å². The summed E-state index contributed by atoms with van der Waals surface area (Å²) in [5, 5.41) is 2.85. The van der Waals surface area contributed by atoms with Crippen molar-refractivity contribution in [2.24, 2.45) is 5.73 Å². The van der Waals surface area contributed by atoms with Crippen molar-refractivity contribution in [2.45, 2.75) is 32.2 Å². The Kier molecular flexibility index (Phi) is 6.87. The Hall–Kier alpha value is -1.75. The number of ether oxygens (including phenoxy) is 2. The number of hydrogen-bond donors (Lipinski definition) is 2. The van der Waals surface area contributed by atoms with Gasteiger partial charge in [-0.25, -0.2) is 0 Å². The van der Waals surface area contributed by atoms with Crippen molar-refractivity contribution in [1.82, 2.24) is 5.32 Å². The second-order valence-electron chi connectivity index (χ2n) is 4.63. The molecule has 0 spiro atoms. The quantitative estimate of drug-likeness (QED) is 0.756. The number of carbonyl (C=O) groups is 1. The van der Waals surface area contributed by atoms with E-state index < -0.39 is 6.04 Å². The summed E-state index contributed by atoms with van der Waals surface area (Å²) in [5.74, 6) is 1.30. The van der Waals surface area contributed by atoms with E-state index in [1.807, 2.05) is 25.1 Å². The average molecular weight is 280 g/mol. The molecule has 1 amide bonds. The summed E-state index contributed by atoms with van der Waals surface area (Å²) < 4.78 is 10.4. The lowest BCUT2D eigenvalue weighted by molar-refractivity contribution is -0.122. The number of methoxy groups -OCH3 is 2. The molecule has 0 bridgehead atoms. The van der Waals surface area contributed by atoms with Crippen molar-refractivity contribution in [2.75, 3.05) is 20.8 Å². The molecule has 0 aliphatic carbocycles. The summed E-state index contributed by atoms with van der Waals surface area (Å²) in [6.45, 7) is 2.57. The SMILES string of the molecule is CCC[C@H](N)C(=O)NCCc1ccc(OC)c(OC)c1. The molecule has 0 unspecified atom stereocenters. The lowest BCUT2D eigenvalue weighted by atomic mass is 10.1. The van der Waals surface area contributed by atoms with E-state index in [1.165, 1.54) is 0 Å². The number of rotatable bonds is 8. The van der Waals surface area contributed by atoms with E-state index in [1.54, 1.807) is 14.2 Å². The molecule has 1 rings (SSSR count). The Labute approximate surface area is 120 Å². The maximum absolute atomic E-state index is 11.7. The Bertz CT molecular complexity index is 435. The van der Waals surface area contributed by atoms with Crippen LogP contribution in [0, 0.1) is 0 Å². The van der Waals surface area contributed by atoms with Gasteiger partial charge in [-0.2, -0.15) is 0 Å². The standard InChI is InChI=1S/C15H24N2O3/c1-4-5-12(16)15(18)17-9-8-11-6-7-13(19-2)14(10-11)20-3/h6-7,10,12H,4-5,8-9,16H2,1-3H3,(H,17,18)/t12-/m0/s1. The first-order valence-corrected chi connectivity index (χ1v) is 6.86. The van der Waals surface area contributed by atoms with E-state index in [-0.39, 0.29) is 5.91 Å². The van der Waals surface area contributed by atoms with E-state index in [0.717, 1.165) is 18.4 Å². The third kappa shape index (κ3) is 4.74. The van der Waals surface area contributed by atoms with Crippen LogP contribution in [0.15, 0.2) is 18.2 Å². The Morgan fingerprint density at radius 1 is 1.30 bits per heavy atom. The third-order valence-corrected chi connectivity index (χ3v) is 3.10. The van der Waals surface area contributed by atoms with E-state index in [4.69, 9.17) is 15.2 Å². The normalized spacial score (nSPS) is 11.8. The summed E-state index contributed by atoms with van der Waals surface area (Å²) in [6.07, 6.45) is 2.34. The minimum atomic E-state index is -0.412. The number of benzene rings is 1. The van der Waals surface area contributed by atoms with Crippen molar-refractivity contribution in [3.8, 4) is 11.5 Å². The van der Waals surface area contributed by atoms with Crippen LogP contribution in [0.25, 0.3) is 0 Å². The monoisotopic (exact) mass is 280 g/mol. The number of nitrogens with one attached hydrogen (secondary N) is 1. The second kappa shape index (κ2) is 8.43. The number of amides is 1. The molecule has 112 valence electrons. The van der Waals surface area contributed by atoms with Crippen molar-refractivity contribution in [3.63, 3.8) is 0 Å². The van der Waals surface area contributed by atoms with E-state index in [0.29, 0.717) is 24.5 Å². The molecule has 3 N–H and O–H groups in total. The topological polar surface area (TPSA) is 73.6 Å². The van der Waals surface area contributed by atoms with Crippen LogP contribution in [0.3, 0.4) is 0 Å². The van der Waals surface area contributed by atoms with Gasteiger partial charge in [0.2, 0.25) is 5.91 Å². The molecule has 0 heterocycles. The van der Waals surface area contributed by atoms with Crippen LogP contribution in [0.4, 0.5) is 0 Å². The van der Waals surface area contributed by atoms with Crippen LogP contribution in [0.2, 0.25) is 0 Å². The van der Waals surface area contributed by atoms with Gasteiger partial charge >= 0.3 is 0 Å². The molecular formula is C15H24N2O3. The van der Waals surface area contributed by atoms with Crippen LogP contribution < -0.4 is 20.5 Å². The molecule has 1 atom stereocenters. The van der Waals surface area contributed by atoms with Crippen LogP contribution in [0.1, 0.15) is 25.3 Å². The molecule has 0 radical (unpaired) electrons. The van der Waals surface area contributed by atoms with Gasteiger partial charge in [-0.15, -0.1) is 0 Å². The summed E-state index contributed by atoms with van der Waals surface area (Å²) in [7, 11) is 3.21. The zero-order valence-electron chi connectivity index (χ0n) is 12.4. The first-order valence-electron chi connectivity index (χ1n) is 6.86. The van der Waals surface area contributed by atoms with Gasteiger partial charge in [-0.05, 0) is 30.5 Å². The molecule has 0 aliphatic heterocycles. The van der Waals surface area contributed by atoms with Crippen LogP contribution in [-0.4, -0.2) is 32.7 Å². The smallest absolute Gasteiger partial charge is 0.236 e. The summed E-state index contributed by atoms with van der Waals surface area (Å²) in [6, 6.07) is 5.32. The van der Waals surface area contributed by atoms with E-state index in [2.05, 4.69) is 5.32 Å².